The van der Waals surface area contributed by atoms with E-state index in [-0.39, 0.29) is 23.2 Å². The van der Waals surface area contributed by atoms with Gasteiger partial charge in [-0.25, -0.2) is 9.89 Å². The summed E-state index contributed by atoms with van der Waals surface area (Å²) < 4.78 is 31.3. The number of amides is 2. The van der Waals surface area contributed by atoms with Crippen LogP contribution in [0.2, 0.25) is 0 Å². The summed E-state index contributed by atoms with van der Waals surface area (Å²) in [7, 11) is -2.41. The average Bonchev–Trinajstić information content (AvgIpc) is 2.19. The molecule has 114 valence electrons. The van der Waals surface area contributed by atoms with Gasteiger partial charge in [-0.05, 0) is 24.7 Å². The summed E-state index contributed by atoms with van der Waals surface area (Å²) in [5.41, 5.74) is 0. The molecule has 1 atom stereocenters. The molecule has 0 saturated heterocycles. The van der Waals surface area contributed by atoms with Gasteiger partial charge in [-0.3, -0.25) is 4.55 Å². The van der Waals surface area contributed by atoms with Crippen molar-refractivity contribution in [1.29, 1.82) is 0 Å². The van der Waals surface area contributed by atoms with E-state index in [0.29, 0.717) is 18.9 Å². The van der Waals surface area contributed by atoms with Crippen LogP contribution in [0.4, 0.5) is 4.79 Å². The number of carbonyl (C=O) groups excluding carboxylic acids is 1. The summed E-state index contributed by atoms with van der Waals surface area (Å²) in [6, 6.07) is -0.310. The second kappa shape index (κ2) is 9.00. The van der Waals surface area contributed by atoms with Gasteiger partial charge in [0.05, 0.1) is 26.1 Å². The van der Waals surface area contributed by atoms with Gasteiger partial charge in [-0.1, -0.05) is 13.8 Å². The first-order valence-electron chi connectivity index (χ1n) is 5.89. The topological polar surface area (TPSA) is 116 Å². The molecule has 0 rings (SSSR count). The Morgan fingerprint density at radius 3 is 2.32 bits per heavy atom. The van der Waals surface area contributed by atoms with Crippen LogP contribution in [0.3, 0.4) is 0 Å². The Hall–Kier alpha value is -0.990. The zero-order valence-electron chi connectivity index (χ0n) is 11.7. The Morgan fingerprint density at radius 1 is 1.42 bits per heavy atom. The van der Waals surface area contributed by atoms with Gasteiger partial charge in [-0.15, -0.1) is 0 Å². The minimum atomic E-state index is -3.95. The van der Waals surface area contributed by atoms with E-state index in [1.54, 1.807) is 0 Å². The number of hydrogen-bond acceptors (Lipinski definition) is 4. The van der Waals surface area contributed by atoms with Crippen LogP contribution in [-0.2, 0) is 10.1 Å². The van der Waals surface area contributed by atoms with Crippen molar-refractivity contribution >= 4 is 22.9 Å². The van der Waals surface area contributed by atoms with Crippen LogP contribution in [0.15, 0.2) is 0 Å². The molecule has 0 aromatic heterocycles. The predicted molar refractivity (Wildman–Crippen MR) is 72.6 cm³/mol. The number of rotatable bonds is 7. The average molecular weight is 296 g/mol. The van der Waals surface area contributed by atoms with E-state index < -0.39 is 10.1 Å². The van der Waals surface area contributed by atoms with Crippen molar-refractivity contribution in [1.82, 2.24) is 5.32 Å². The van der Waals surface area contributed by atoms with Gasteiger partial charge in [0, 0.05) is 0 Å². The standard InChI is InChI=1S/C11H22N2O4S.H2O/c1-9(2)7-10(5-6-18(15,16)17)8-12-11(14)13(3)4;/h9-10H,3,5-8H2,1-2,4H3,(H-,12,14,15,16,17);1H2. The molecule has 0 spiro atoms. The molecule has 0 aliphatic rings. The number of hydrogen-bond donors (Lipinski definition) is 2. The summed E-state index contributed by atoms with van der Waals surface area (Å²) in [4.78, 5) is 11.3. The minimum absolute atomic E-state index is 0. The summed E-state index contributed by atoms with van der Waals surface area (Å²) >= 11 is 0. The largest absolute Gasteiger partial charge is 0.870 e. The summed E-state index contributed by atoms with van der Waals surface area (Å²) in [5, 5.41) is 2.67. The third-order valence-corrected chi connectivity index (χ3v) is 3.23. The van der Waals surface area contributed by atoms with E-state index in [1.165, 1.54) is 11.6 Å². The second-order valence-electron chi connectivity index (χ2n) is 4.95. The fourth-order valence-corrected chi connectivity index (χ4v) is 2.28. The van der Waals surface area contributed by atoms with Gasteiger partial charge < -0.3 is 5.48 Å². The summed E-state index contributed by atoms with van der Waals surface area (Å²) in [6.45, 7) is 7.88. The third kappa shape index (κ3) is 11.8. The SMILES string of the molecule is C=[N+](C)C(=O)NCC(CCS(=O)(=O)O)CC(C)C.[OH-]. The van der Waals surface area contributed by atoms with E-state index >= 15 is 0 Å². The monoisotopic (exact) mass is 296 g/mol. The van der Waals surface area contributed by atoms with Crippen LogP contribution in [0, 0.1) is 11.8 Å². The molecule has 0 aliphatic carbocycles. The normalized spacial score (nSPS) is 12.7. The first-order valence-corrected chi connectivity index (χ1v) is 7.50. The minimum Gasteiger partial charge on any atom is -0.870 e. The van der Waals surface area contributed by atoms with E-state index in [1.807, 2.05) is 13.8 Å². The molecular weight excluding hydrogens is 272 g/mol. The molecule has 2 amide bonds. The molecule has 0 saturated carbocycles. The molecule has 0 heterocycles. The fraction of sp³-hybridized carbons (Fsp3) is 0.818. The highest BCUT2D eigenvalue weighted by Crippen LogP contribution is 2.15. The Balaban J connectivity index is 0. The zero-order chi connectivity index (χ0) is 14.3. The van der Waals surface area contributed by atoms with Crippen LogP contribution < -0.4 is 5.32 Å². The van der Waals surface area contributed by atoms with Crippen molar-refractivity contribution in [3.63, 3.8) is 0 Å². The van der Waals surface area contributed by atoms with Gasteiger partial charge in [0.15, 0.2) is 0 Å². The van der Waals surface area contributed by atoms with Crippen LogP contribution in [-0.4, -0.2) is 55.1 Å². The zero-order valence-corrected chi connectivity index (χ0v) is 12.5. The second-order valence-corrected chi connectivity index (χ2v) is 6.53. The fourth-order valence-electron chi connectivity index (χ4n) is 1.65. The van der Waals surface area contributed by atoms with Crippen LogP contribution in [0.5, 0.6) is 0 Å². The van der Waals surface area contributed by atoms with Gasteiger partial charge >= 0.3 is 6.03 Å². The highest BCUT2D eigenvalue weighted by molar-refractivity contribution is 7.85. The lowest BCUT2D eigenvalue weighted by atomic mass is 9.95. The molecule has 3 N–H and O–H groups in total. The quantitative estimate of drug-likeness (QED) is 0.409. The first-order chi connectivity index (χ1) is 8.11. The first kappa shape index (κ1) is 20.3. The lowest BCUT2D eigenvalue weighted by Gasteiger charge is -2.16. The number of nitrogens with zero attached hydrogens (tertiary/aromatic N) is 1. The predicted octanol–water partition coefficient (Wildman–Crippen LogP) is 0.802. The van der Waals surface area contributed by atoms with Gasteiger partial charge in [0.2, 0.25) is 0 Å². The van der Waals surface area contributed by atoms with Crippen molar-refractivity contribution in [2.24, 2.45) is 11.8 Å². The molecule has 0 aromatic carbocycles. The number of urea groups is 1. The van der Waals surface area contributed by atoms with Gasteiger partial charge in [-0.2, -0.15) is 13.2 Å². The van der Waals surface area contributed by atoms with Gasteiger partial charge in [0.1, 0.15) is 0 Å². The smallest absolute Gasteiger partial charge is 0.490 e. The lowest BCUT2D eigenvalue weighted by Crippen LogP contribution is -2.35. The molecule has 8 heteroatoms. The maximum atomic E-state index is 11.3. The Morgan fingerprint density at radius 2 is 1.95 bits per heavy atom. The van der Waals surface area contributed by atoms with Crippen molar-refractivity contribution in [3.8, 4) is 0 Å². The Labute approximate surface area is 114 Å². The maximum absolute atomic E-state index is 11.3. The lowest BCUT2D eigenvalue weighted by molar-refractivity contribution is -0.384. The molecule has 1 unspecified atom stereocenters. The van der Waals surface area contributed by atoms with E-state index in [0.717, 1.165) is 6.42 Å². The number of carbonyl (C=O) groups is 1. The van der Waals surface area contributed by atoms with Crippen LogP contribution in [0.1, 0.15) is 26.7 Å². The molecule has 7 nitrogen and oxygen atoms in total. The molecule has 0 aliphatic heterocycles. The van der Waals surface area contributed by atoms with E-state index in [2.05, 4.69) is 12.0 Å². The molecule has 19 heavy (non-hydrogen) atoms. The molecule has 0 radical (unpaired) electrons. The van der Waals surface area contributed by atoms with Crippen LogP contribution >= 0.6 is 0 Å². The Kier molecular flexibility index (Phi) is 9.63. The third-order valence-electron chi connectivity index (χ3n) is 2.48. The molecule has 0 aromatic rings. The van der Waals surface area contributed by atoms with Crippen molar-refractivity contribution in [2.75, 3.05) is 19.3 Å². The molecule has 0 fully saturated rings. The molecule has 0 bridgehead atoms. The summed E-state index contributed by atoms with van der Waals surface area (Å²) in [6.07, 6.45) is 1.12. The van der Waals surface area contributed by atoms with E-state index in [9.17, 15) is 13.2 Å². The highest BCUT2D eigenvalue weighted by Gasteiger charge is 2.19. The van der Waals surface area contributed by atoms with E-state index in [4.69, 9.17) is 4.55 Å². The van der Waals surface area contributed by atoms with Crippen LogP contribution in [0.25, 0.3) is 0 Å². The maximum Gasteiger partial charge on any atom is 0.490 e. The Bertz CT molecular complexity index is 392. The van der Waals surface area contributed by atoms with Crippen molar-refractivity contribution in [2.45, 2.75) is 26.7 Å². The molecular formula is C11H24N2O5S. The van der Waals surface area contributed by atoms with Gasteiger partial charge in [0.25, 0.3) is 10.1 Å². The van der Waals surface area contributed by atoms with Crippen molar-refractivity contribution < 1.29 is 27.8 Å². The van der Waals surface area contributed by atoms with Crippen molar-refractivity contribution in [3.05, 3.63) is 0 Å². The summed E-state index contributed by atoms with van der Waals surface area (Å²) in [5.74, 6) is 0.141. The highest BCUT2D eigenvalue weighted by atomic mass is 32.2. The number of nitrogens with one attached hydrogen (secondary N) is 1.